The van der Waals surface area contributed by atoms with Gasteiger partial charge in [0.25, 0.3) is 5.56 Å². The Labute approximate surface area is 170 Å². The molecule has 0 unspecified atom stereocenters. The molecule has 0 spiro atoms. The second-order valence-corrected chi connectivity index (χ2v) is 8.05. The van der Waals surface area contributed by atoms with E-state index in [1.165, 1.54) is 0 Å². The van der Waals surface area contributed by atoms with Crippen molar-refractivity contribution in [3.63, 3.8) is 0 Å². The highest BCUT2D eigenvalue weighted by molar-refractivity contribution is 5.83. The molecule has 2 atom stereocenters. The standard InChI is InChI=1S/C24H25N3O2/c1-15-16(2)23-20(12-19(15)11-17-6-5-7-18(10-17)13-25)24(29)27(14-26-23)21-8-3-4-9-22(21)28/h5-7,10,12,14,21-22,28H,3-4,8-9,11H2,1-2H3/t21-,22-/m1/s1. The van der Waals surface area contributed by atoms with Crippen LogP contribution in [0.25, 0.3) is 10.9 Å². The number of aromatic nitrogens is 2. The van der Waals surface area contributed by atoms with Crippen LogP contribution in [-0.2, 0) is 6.42 Å². The van der Waals surface area contributed by atoms with Gasteiger partial charge in [0.2, 0.25) is 0 Å². The van der Waals surface area contributed by atoms with Gasteiger partial charge in [-0.1, -0.05) is 25.0 Å². The zero-order valence-electron chi connectivity index (χ0n) is 16.9. The molecule has 0 radical (unpaired) electrons. The molecule has 1 saturated carbocycles. The van der Waals surface area contributed by atoms with Crippen LogP contribution in [0.2, 0.25) is 0 Å². The van der Waals surface area contributed by atoms with Gasteiger partial charge in [-0.3, -0.25) is 9.36 Å². The van der Waals surface area contributed by atoms with Crippen molar-refractivity contribution in [3.8, 4) is 6.07 Å². The number of aliphatic hydroxyl groups excluding tert-OH is 1. The number of aryl methyl sites for hydroxylation is 1. The minimum Gasteiger partial charge on any atom is -0.391 e. The van der Waals surface area contributed by atoms with Gasteiger partial charge in [-0.15, -0.1) is 0 Å². The number of aliphatic hydroxyl groups is 1. The quantitative estimate of drug-likeness (QED) is 0.738. The van der Waals surface area contributed by atoms with Gasteiger partial charge in [0.1, 0.15) is 0 Å². The molecular formula is C24H25N3O2. The SMILES string of the molecule is Cc1c(Cc2cccc(C#N)c2)cc2c(=O)n([C@@H]3CCCC[C@H]3O)cnc2c1C. The summed E-state index contributed by atoms with van der Waals surface area (Å²) < 4.78 is 1.63. The number of hydrogen-bond acceptors (Lipinski definition) is 4. The molecule has 1 aromatic heterocycles. The molecule has 2 aromatic carbocycles. The summed E-state index contributed by atoms with van der Waals surface area (Å²) in [6.07, 6.45) is 5.29. The van der Waals surface area contributed by atoms with E-state index in [1.807, 2.05) is 31.2 Å². The third kappa shape index (κ3) is 3.56. The molecular weight excluding hydrogens is 362 g/mol. The molecule has 1 aliphatic carbocycles. The smallest absolute Gasteiger partial charge is 0.261 e. The van der Waals surface area contributed by atoms with Crippen molar-refractivity contribution in [1.29, 1.82) is 5.26 Å². The maximum Gasteiger partial charge on any atom is 0.261 e. The Morgan fingerprint density at radius 1 is 1.21 bits per heavy atom. The Bertz CT molecular complexity index is 1170. The Kier molecular flexibility index (Phi) is 5.21. The Balaban J connectivity index is 1.82. The van der Waals surface area contributed by atoms with Gasteiger partial charge in [-0.2, -0.15) is 5.26 Å². The van der Waals surface area contributed by atoms with Gasteiger partial charge in [-0.25, -0.2) is 4.98 Å². The molecule has 1 fully saturated rings. The number of nitrogens with zero attached hydrogens (tertiary/aromatic N) is 3. The van der Waals surface area contributed by atoms with Crippen LogP contribution < -0.4 is 5.56 Å². The Hall–Kier alpha value is -2.97. The van der Waals surface area contributed by atoms with Crippen molar-refractivity contribution in [2.75, 3.05) is 0 Å². The van der Waals surface area contributed by atoms with Gasteiger partial charge in [0.05, 0.1) is 41.0 Å². The van der Waals surface area contributed by atoms with E-state index in [0.29, 0.717) is 17.4 Å². The van der Waals surface area contributed by atoms with Crippen LogP contribution in [0.15, 0.2) is 41.5 Å². The first kappa shape index (κ1) is 19.4. The zero-order chi connectivity index (χ0) is 20.5. The van der Waals surface area contributed by atoms with Crippen molar-refractivity contribution in [3.05, 3.63) is 74.8 Å². The summed E-state index contributed by atoms with van der Waals surface area (Å²) in [5.41, 5.74) is 5.49. The largest absolute Gasteiger partial charge is 0.391 e. The van der Waals surface area contributed by atoms with E-state index in [0.717, 1.165) is 53.5 Å². The molecule has 0 aliphatic heterocycles. The fraction of sp³-hybridized carbons (Fsp3) is 0.375. The summed E-state index contributed by atoms with van der Waals surface area (Å²) in [6, 6.07) is 11.5. The highest BCUT2D eigenvalue weighted by Crippen LogP contribution is 2.29. The molecule has 1 N–H and O–H groups in total. The number of rotatable bonds is 3. The Morgan fingerprint density at radius 3 is 2.76 bits per heavy atom. The third-order valence-electron chi connectivity index (χ3n) is 6.25. The fourth-order valence-electron chi connectivity index (χ4n) is 4.42. The highest BCUT2D eigenvalue weighted by Gasteiger charge is 2.26. The molecule has 3 aromatic rings. The molecule has 0 amide bonds. The van der Waals surface area contributed by atoms with Crippen LogP contribution >= 0.6 is 0 Å². The number of fused-ring (bicyclic) bond motifs is 1. The van der Waals surface area contributed by atoms with Crippen LogP contribution in [0.4, 0.5) is 0 Å². The average molecular weight is 387 g/mol. The molecule has 5 heteroatoms. The van der Waals surface area contributed by atoms with E-state index in [1.54, 1.807) is 17.0 Å². The fourth-order valence-corrected chi connectivity index (χ4v) is 4.42. The normalized spacial score (nSPS) is 19.2. The second kappa shape index (κ2) is 7.81. The second-order valence-electron chi connectivity index (χ2n) is 8.05. The van der Waals surface area contributed by atoms with Crippen molar-refractivity contribution in [2.24, 2.45) is 0 Å². The van der Waals surface area contributed by atoms with Crippen LogP contribution in [0.1, 0.15) is 59.5 Å². The van der Waals surface area contributed by atoms with Crippen LogP contribution in [0.3, 0.4) is 0 Å². The van der Waals surface area contributed by atoms with Crippen molar-refractivity contribution in [1.82, 2.24) is 9.55 Å². The summed E-state index contributed by atoms with van der Waals surface area (Å²) in [7, 11) is 0. The van der Waals surface area contributed by atoms with Crippen molar-refractivity contribution >= 4 is 10.9 Å². The molecule has 1 heterocycles. The van der Waals surface area contributed by atoms with E-state index in [9.17, 15) is 9.90 Å². The third-order valence-corrected chi connectivity index (χ3v) is 6.25. The number of hydrogen-bond donors (Lipinski definition) is 1. The predicted octanol–water partition coefficient (Wildman–Crippen LogP) is 3.95. The van der Waals surface area contributed by atoms with Gasteiger partial charge < -0.3 is 5.11 Å². The van der Waals surface area contributed by atoms with Gasteiger partial charge >= 0.3 is 0 Å². The first-order chi connectivity index (χ1) is 14.0. The zero-order valence-corrected chi connectivity index (χ0v) is 16.9. The first-order valence-electron chi connectivity index (χ1n) is 10.2. The lowest BCUT2D eigenvalue weighted by atomic mass is 9.92. The molecule has 5 nitrogen and oxygen atoms in total. The van der Waals surface area contributed by atoms with E-state index >= 15 is 0 Å². The molecule has 1 aliphatic rings. The van der Waals surface area contributed by atoms with E-state index in [2.05, 4.69) is 18.0 Å². The maximum atomic E-state index is 13.3. The minimum atomic E-state index is -0.500. The lowest BCUT2D eigenvalue weighted by Gasteiger charge is -2.29. The molecule has 148 valence electrons. The van der Waals surface area contributed by atoms with Crippen LogP contribution in [0.5, 0.6) is 0 Å². The summed E-state index contributed by atoms with van der Waals surface area (Å²) in [5.74, 6) is 0. The van der Waals surface area contributed by atoms with Gasteiger partial charge in [-0.05, 0) is 73.6 Å². The van der Waals surface area contributed by atoms with Gasteiger partial charge in [0, 0.05) is 0 Å². The number of nitriles is 1. The molecule has 29 heavy (non-hydrogen) atoms. The summed E-state index contributed by atoms with van der Waals surface area (Å²) in [4.78, 5) is 17.9. The van der Waals surface area contributed by atoms with E-state index in [-0.39, 0.29) is 11.6 Å². The molecule has 4 rings (SSSR count). The topological polar surface area (TPSA) is 78.9 Å². The molecule has 0 bridgehead atoms. The van der Waals surface area contributed by atoms with Crippen molar-refractivity contribution < 1.29 is 5.11 Å². The summed E-state index contributed by atoms with van der Waals surface area (Å²) >= 11 is 0. The highest BCUT2D eigenvalue weighted by atomic mass is 16.3. The van der Waals surface area contributed by atoms with Crippen LogP contribution in [-0.4, -0.2) is 20.8 Å². The van der Waals surface area contributed by atoms with E-state index < -0.39 is 6.10 Å². The lowest BCUT2D eigenvalue weighted by molar-refractivity contribution is 0.0735. The lowest BCUT2D eigenvalue weighted by Crippen LogP contribution is -2.34. The van der Waals surface area contributed by atoms with Gasteiger partial charge in [0.15, 0.2) is 0 Å². The summed E-state index contributed by atoms with van der Waals surface area (Å²) in [5, 5.41) is 20.2. The first-order valence-corrected chi connectivity index (χ1v) is 10.2. The van der Waals surface area contributed by atoms with Crippen molar-refractivity contribution in [2.45, 2.75) is 58.1 Å². The van der Waals surface area contributed by atoms with E-state index in [4.69, 9.17) is 5.26 Å². The average Bonchev–Trinajstić information content (AvgIpc) is 2.73. The monoisotopic (exact) mass is 387 g/mol. The number of benzene rings is 2. The maximum absolute atomic E-state index is 13.3. The van der Waals surface area contributed by atoms with Crippen LogP contribution in [0, 0.1) is 25.2 Å². The predicted molar refractivity (Wildman–Crippen MR) is 113 cm³/mol. The summed E-state index contributed by atoms with van der Waals surface area (Å²) in [6.45, 7) is 4.05. The minimum absolute atomic E-state index is 0.0870. The molecule has 0 saturated heterocycles. The Morgan fingerprint density at radius 2 is 2.00 bits per heavy atom.